The maximum Gasteiger partial charge on any atom is 0.341 e. The fourth-order valence-electron chi connectivity index (χ4n) is 1.49. The molecule has 0 fully saturated rings. The van der Waals surface area contributed by atoms with Crippen LogP contribution in [0.1, 0.15) is 6.92 Å². The maximum atomic E-state index is 11.8. The zero-order valence-corrected chi connectivity index (χ0v) is 9.94. The summed E-state index contributed by atoms with van der Waals surface area (Å²) in [6, 6.07) is 0. The van der Waals surface area contributed by atoms with Gasteiger partial charge in [-0.15, -0.1) is 11.8 Å². The molecule has 0 aliphatic heterocycles. The summed E-state index contributed by atoms with van der Waals surface area (Å²) >= 11 is 6.18. The van der Waals surface area contributed by atoms with E-state index in [1.54, 1.807) is 0 Å². The van der Waals surface area contributed by atoms with Crippen LogP contribution in [0.4, 0.5) is 0 Å². The van der Waals surface area contributed by atoms with Crippen molar-refractivity contribution in [3.8, 4) is 0 Å². The number of hydrogen-bond donors (Lipinski definition) is 1. The molecule has 1 atom stereocenters. The van der Waals surface area contributed by atoms with E-state index in [4.69, 9.17) is 16.7 Å². The summed E-state index contributed by atoms with van der Waals surface area (Å²) in [5.74, 6) is -4.31. The van der Waals surface area contributed by atoms with E-state index in [1.165, 1.54) is 6.26 Å². The Bertz CT molecular complexity index is 453. The first-order valence-electron chi connectivity index (χ1n) is 4.09. The Morgan fingerprint density at radius 2 is 1.81 bits per heavy atom. The Morgan fingerprint density at radius 3 is 2.00 bits per heavy atom. The van der Waals surface area contributed by atoms with E-state index in [1.807, 2.05) is 0 Å². The van der Waals surface area contributed by atoms with E-state index >= 15 is 0 Å². The van der Waals surface area contributed by atoms with Crippen LogP contribution in [-0.2, 0) is 19.2 Å². The third-order valence-corrected chi connectivity index (χ3v) is 3.93. The molecule has 1 aliphatic carbocycles. The second-order valence-corrected chi connectivity index (χ2v) is 4.49. The van der Waals surface area contributed by atoms with Gasteiger partial charge in [0.2, 0.25) is 16.3 Å². The monoisotopic (exact) mass is 262 g/mol. The number of thioether (sulfide) groups is 1. The number of halogens is 1. The van der Waals surface area contributed by atoms with Gasteiger partial charge in [0.1, 0.15) is 10.6 Å². The fraction of sp³-hybridized carbons (Fsp3) is 0.333. The predicted molar refractivity (Wildman–Crippen MR) is 57.5 cm³/mol. The molecule has 0 spiro atoms. The summed E-state index contributed by atoms with van der Waals surface area (Å²) in [6.07, 6.45) is 1.38. The van der Waals surface area contributed by atoms with E-state index < -0.39 is 38.7 Å². The molecule has 1 aliphatic rings. The molecule has 5 nitrogen and oxygen atoms in total. The molecule has 0 aromatic heterocycles. The Labute approximate surface area is 99.8 Å². The van der Waals surface area contributed by atoms with Crippen molar-refractivity contribution in [2.45, 2.75) is 11.7 Å². The molecule has 0 aromatic rings. The Balaban J connectivity index is 3.47. The highest BCUT2D eigenvalue weighted by molar-refractivity contribution is 8.02. The lowest BCUT2D eigenvalue weighted by atomic mass is 9.97. The zero-order valence-electron chi connectivity index (χ0n) is 8.37. The summed E-state index contributed by atoms with van der Waals surface area (Å²) in [6.45, 7) is 1.06. The van der Waals surface area contributed by atoms with Gasteiger partial charge in [-0.1, -0.05) is 11.6 Å². The van der Waals surface area contributed by atoms with E-state index in [2.05, 4.69) is 0 Å². The fourth-order valence-corrected chi connectivity index (χ4v) is 2.71. The van der Waals surface area contributed by atoms with Gasteiger partial charge >= 0.3 is 5.97 Å². The third kappa shape index (κ3) is 1.41. The normalized spacial score (nSPS) is 25.2. The van der Waals surface area contributed by atoms with Crippen LogP contribution in [0.15, 0.2) is 10.6 Å². The van der Waals surface area contributed by atoms with E-state index in [-0.39, 0.29) is 0 Å². The minimum atomic E-state index is -2.01. The molecular weight excluding hydrogens is 256 g/mol. The van der Waals surface area contributed by atoms with Gasteiger partial charge in [-0.05, 0) is 13.2 Å². The maximum absolute atomic E-state index is 11.8. The summed E-state index contributed by atoms with van der Waals surface area (Å²) in [5.41, 5.74) is -0.809. The van der Waals surface area contributed by atoms with Crippen LogP contribution >= 0.6 is 23.4 Å². The zero-order chi connectivity index (χ0) is 12.7. The van der Waals surface area contributed by atoms with Gasteiger partial charge in [0.05, 0.1) is 0 Å². The molecule has 0 aromatic carbocycles. The molecule has 1 rings (SSSR count). The van der Waals surface area contributed by atoms with Gasteiger partial charge in [-0.3, -0.25) is 14.4 Å². The lowest BCUT2D eigenvalue weighted by Crippen LogP contribution is -2.46. The average Bonchev–Trinajstić information content (AvgIpc) is 2.36. The van der Waals surface area contributed by atoms with Crippen molar-refractivity contribution < 1.29 is 24.3 Å². The highest BCUT2D eigenvalue weighted by Gasteiger charge is 2.59. The Kier molecular flexibility index (Phi) is 3.25. The van der Waals surface area contributed by atoms with Crippen LogP contribution in [0.5, 0.6) is 0 Å². The van der Waals surface area contributed by atoms with Gasteiger partial charge in [0, 0.05) is 0 Å². The van der Waals surface area contributed by atoms with E-state index in [0.29, 0.717) is 11.8 Å². The molecule has 0 radical (unpaired) electrons. The van der Waals surface area contributed by atoms with Gasteiger partial charge < -0.3 is 5.11 Å². The summed E-state index contributed by atoms with van der Waals surface area (Å²) in [7, 11) is 0. The lowest BCUT2D eigenvalue weighted by Gasteiger charge is -2.19. The first-order valence-corrected chi connectivity index (χ1v) is 5.69. The smallest absolute Gasteiger partial charge is 0.341 e. The van der Waals surface area contributed by atoms with Crippen molar-refractivity contribution in [3.05, 3.63) is 10.6 Å². The number of carboxylic acid groups (broad SMARTS) is 1. The molecule has 1 unspecified atom stereocenters. The number of Topliss-reactive ketones (excluding diaryl/α,β-unsaturated/α-hetero) is 3. The first kappa shape index (κ1) is 12.9. The van der Waals surface area contributed by atoms with E-state index in [0.717, 1.165) is 6.92 Å². The summed E-state index contributed by atoms with van der Waals surface area (Å²) in [5, 5.41) is 8.07. The van der Waals surface area contributed by atoms with Crippen LogP contribution in [0.3, 0.4) is 0 Å². The molecule has 1 N–H and O–H groups in total. The van der Waals surface area contributed by atoms with Crippen LogP contribution in [0, 0.1) is 0 Å². The minimum Gasteiger partial charge on any atom is -0.478 e. The standard InChI is InChI=1S/C9H7ClO5S/c1-3(11)9(16-2)6(12)4(8(14)15)5(10)7(9)13/h1-2H3,(H,14,15). The molecule has 16 heavy (non-hydrogen) atoms. The third-order valence-electron chi connectivity index (χ3n) is 2.30. The second-order valence-electron chi connectivity index (χ2n) is 3.09. The van der Waals surface area contributed by atoms with Crippen molar-refractivity contribution >= 4 is 46.7 Å². The quantitative estimate of drug-likeness (QED) is 0.585. The van der Waals surface area contributed by atoms with E-state index in [9.17, 15) is 19.2 Å². The number of rotatable bonds is 3. The molecule has 86 valence electrons. The molecule has 7 heteroatoms. The number of carbonyl (C=O) groups is 4. The van der Waals surface area contributed by atoms with Crippen LogP contribution in [0.2, 0.25) is 0 Å². The Morgan fingerprint density at radius 1 is 1.31 bits per heavy atom. The number of ketones is 3. The summed E-state index contributed by atoms with van der Waals surface area (Å²) in [4.78, 5) is 45.6. The average molecular weight is 263 g/mol. The number of carboxylic acids is 1. The van der Waals surface area contributed by atoms with Crippen LogP contribution in [-0.4, -0.2) is 39.4 Å². The molecule has 0 bridgehead atoms. The van der Waals surface area contributed by atoms with Crippen molar-refractivity contribution in [2.75, 3.05) is 6.26 Å². The van der Waals surface area contributed by atoms with Crippen molar-refractivity contribution in [1.82, 2.24) is 0 Å². The van der Waals surface area contributed by atoms with Gasteiger partial charge in [0.25, 0.3) is 0 Å². The Hall–Kier alpha value is -1.14. The van der Waals surface area contributed by atoms with Crippen molar-refractivity contribution in [1.29, 1.82) is 0 Å². The SMILES string of the molecule is CSC1(C(C)=O)C(=O)C(Cl)=C(C(=O)O)C1=O. The summed E-state index contributed by atoms with van der Waals surface area (Å²) < 4.78 is -2.01. The van der Waals surface area contributed by atoms with Gasteiger partial charge in [-0.25, -0.2) is 4.79 Å². The lowest BCUT2D eigenvalue weighted by molar-refractivity contribution is -0.135. The van der Waals surface area contributed by atoms with Crippen molar-refractivity contribution in [3.63, 3.8) is 0 Å². The number of allylic oxidation sites excluding steroid dienone is 1. The minimum absolute atomic E-state index is 0.679. The topological polar surface area (TPSA) is 88.5 Å². The second kappa shape index (κ2) is 4.03. The van der Waals surface area contributed by atoms with Crippen molar-refractivity contribution in [2.24, 2.45) is 0 Å². The molecule has 0 saturated carbocycles. The highest BCUT2D eigenvalue weighted by Crippen LogP contribution is 2.40. The first-order chi connectivity index (χ1) is 7.30. The van der Waals surface area contributed by atoms with Crippen LogP contribution < -0.4 is 0 Å². The van der Waals surface area contributed by atoms with Gasteiger partial charge in [-0.2, -0.15) is 0 Å². The van der Waals surface area contributed by atoms with Gasteiger partial charge in [0.15, 0.2) is 5.78 Å². The van der Waals surface area contributed by atoms with Crippen LogP contribution in [0.25, 0.3) is 0 Å². The predicted octanol–water partition coefficient (Wildman–Crippen LogP) is 0.406. The highest BCUT2D eigenvalue weighted by atomic mass is 35.5. The number of hydrogen-bond acceptors (Lipinski definition) is 5. The molecule has 0 saturated heterocycles. The molecule has 0 amide bonds. The molecular formula is C9H7ClO5S. The number of aliphatic carboxylic acids is 1. The largest absolute Gasteiger partial charge is 0.478 e. The number of carbonyl (C=O) groups excluding carboxylic acids is 3. The molecule has 0 heterocycles.